The lowest BCUT2D eigenvalue weighted by atomic mass is 10.1. The van der Waals surface area contributed by atoms with E-state index in [1.165, 1.54) is 28.1 Å². The lowest BCUT2D eigenvalue weighted by Crippen LogP contribution is -2.28. The van der Waals surface area contributed by atoms with Gasteiger partial charge in [-0.1, -0.05) is 91.9 Å². The first-order valence-corrected chi connectivity index (χ1v) is 14.6. The second-order valence-electron chi connectivity index (χ2n) is 9.44. The number of phenols is 1. The second-order valence-corrected chi connectivity index (χ2v) is 11.3. The number of unbranched alkanes of at least 4 members (excludes halogenated alkanes) is 1. The highest BCUT2D eigenvalue weighted by Crippen LogP contribution is 2.19. The first kappa shape index (κ1) is 27.9. The summed E-state index contributed by atoms with van der Waals surface area (Å²) in [6.45, 7) is 2.58. The zero-order valence-electron chi connectivity index (χ0n) is 22.1. The average Bonchev–Trinajstić information content (AvgIpc) is 2.96. The van der Waals surface area contributed by atoms with E-state index in [9.17, 15) is 13.5 Å². The van der Waals surface area contributed by atoms with Crippen molar-refractivity contribution >= 4 is 16.1 Å². The number of hydrogen-bond acceptors (Lipinski definition) is 3. The Hall–Kier alpha value is -4.11. The van der Waals surface area contributed by atoms with Crippen LogP contribution < -0.4 is 0 Å². The van der Waals surface area contributed by atoms with Crippen molar-refractivity contribution in [3.05, 3.63) is 142 Å². The molecule has 4 nitrogen and oxygen atoms in total. The van der Waals surface area contributed by atoms with Crippen LogP contribution in [-0.2, 0) is 29.5 Å². The van der Waals surface area contributed by atoms with Gasteiger partial charge in [-0.2, -0.15) is 4.31 Å². The van der Waals surface area contributed by atoms with Gasteiger partial charge in [-0.05, 0) is 77.6 Å². The zero-order chi connectivity index (χ0) is 27.5. The Kier molecular flexibility index (Phi) is 9.74. The second kappa shape index (κ2) is 13.6. The summed E-state index contributed by atoms with van der Waals surface area (Å²) in [7, 11) is -3.73. The molecule has 0 unspecified atom stereocenters. The summed E-state index contributed by atoms with van der Waals surface area (Å²) in [5.41, 5.74) is 5.62. The lowest BCUT2D eigenvalue weighted by molar-refractivity contribution is 0.407. The molecule has 0 saturated heterocycles. The van der Waals surface area contributed by atoms with Crippen LogP contribution in [0.2, 0.25) is 0 Å². The van der Waals surface area contributed by atoms with Gasteiger partial charge >= 0.3 is 0 Å². The van der Waals surface area contributed by atoms with Crippen molar-refractivity contribution < 1.29 is 13.5 Å². The number of aryl methyl sites for hydroxylation is 1. The van der Waals surface area contributed by atoms with Gasteiger partial charge in [0, 0.05) is 29.6 Å². The minimum Gasteiger partial charge on any atom is -0.508 e. The molecule has 4 rings (SSSR count). The van der Waals surface area contributed by atoms with Crippen molar-refractivity contribution in [1.29, 1.82) is 0 Å². The van der Waals surface area contributed by atoms with E-state index in [0.717, 1.165) is 34.2 Å². The summed E-state index contributed by atoms with van der Waals surface area (Å²) in [6, 6.07) is 32.0. The van der Waals surface area contributed by atoms with Crippen molar-refractivity contribution in [2.45, 2.75) is 39.3 Å². The molecule has 198 valence electrons. The summed E-state index contributed by atoms with van der Waals surface area (Å²) < 4.78 is 28.1. The maximum atomic E-state index is 13.4. The van der Waals surface area contributed by atoms with E-state index in [1.54, 1.807) is 30.3 Å². The van der Waals surface area contributed by atoms with Crippen LogP contribution in [-0.4, -0.2) is 17.8 Å². The minimum atomic E-state index is -3.73. The molecular formula is C34H33NO3S. The molecule has 0 aliphatic heterocycles. The molecule has 0 bridgehead atoms. The lowest BCUT2D eigenvalue weighted by Gasteiger charge is -2.21. The molecule has 0 radical (unpaired) electrons. The third-order valence-electron chi connectivity index (χ3n) is 6.32. The topological polar surface area (TPSA) is 57.6 Å². The number of benzene rings is 4. The minimum absolute atomic E-state index is 0.140. The molecule has 0 heterocycles. The predicted molar refractivity (Wildman–Crippen MR) is 159 cm³/mol. The summed E-state index contributed by atoms with van der Waals surface area (Å²) in [4.78, 5) is 0. The molecule has 4 aromatic carbocycles. The number of sulfonamides is 1. The maximum Gasteiger partial charge on any atom is 0.236 e. The fraction of sp³-hybridized carbons (Fsp3) is 0.176. The van der Waals surface area contributed by atoms with E-state index in [4.69, 9.17) is 0 Å². The molecule has 39 heavy (non-hydrogen) atoms. The molecular weight excluding hydrogens is 502 g/mol. The SMILES string of the molecule is CCCCc1ccc(C#Cc2ccc(CN(Cc3ccc(O)cc3)S(=O)(=O)/C=C/c3ccccc3)cc2)cc1. The molecule has 0 aromatic heterocycles. The molecule has 0 spiro atoms. The molecule has 0 fully saturated rings. The summed E-state index contributed by atoms with van der Waals surface area (Å²) in [5.74, 6) is 6.55. The van der Waals surface area contributed by atoms with Crippen LogP contribution >= 0.6 is 0 Å². The van der Waals surface area contributed by atoms with Crippen molar-refractivity contribution in [3.8, 4) is 17.6 Å². The third-order valence-corrected chi connectivity index (χ3v) is 7.78. The molecule has 4 aromatic rings. The standard InChI is InChI=1S/C34H33NO3S/c1-2-3-7-29-10-12-30(13-11-29)14-15-31-16-18-32(19-17-31)26-35(27-33-20-22-34(36)23-21-33)39(37,38)25-24-28-8-5-4-6-9-28/h4-6,8-13,16-25,36H,2-3,7,26-27H2,1H3/b25-24+. The molecule has 1 N–H and O–H groups in total. The molecule has 0 saturated carbocycles. The van der Waals surface area contributed by atoms with Crippen LogP contribution in [0.1, 0.15) is 53.1 Å². The Morgan fingerprint density at radius 2 is 1.23 bits per heavy atom. The Balaban J connectivity index is 1.49. The van der Waals surface area contributed by atoms with Crippen molar-refractivity contribution in [3.63, 3.8) is 0 Å². The fourth-order valence-corrected chi connectivity index (χ4v) is 5.19. The van der Waals surface area contributed by atoms with E-state index in [0.29, 0.717) is 0 Å². The number of rotatable bonds is 10. The van der Waals surface area contributed by atoms with Crippen LogP contribution in [0.25, 0.3) is 6.08 Å². The largest absolute Gasteiger partial charge is 0.508 e. The van der Waals surface area contributed by atoms with Gasteiger partial charge in [0.05, 0.1) is 0 Å². The molecule has 0 atom stereocenters. The fourth-order valence-electron chi connectivity index (χ4n) is 4.03. The molecule has 0 amide bonds. The first-order valence-electron chi connectivity index (χ1n) is 13.1. The van der Waals surface area contributed by atoms with Crippen molar-refractivity contribution in [2.24, 2.45) is 0 Å². The van der Waals surface area contributed by atoms with Gasteiger partial charge in [0.15, 0.2) is 0 Å². The molecule has 0 aliphatic rings. The average molecular weight is 536 g/mol. The van der Waals surface area contributed by atoms with E-state index >= 15 is 0 Å². The Morgan fingerprint density at radius 1 is 0.718 bits per heavy atom. The Labute approximate surface area is 232 Å². The van der Waals surface area contributed by atoms with E-state index in [2.05, 4.69) is 43.0 Å². The zero-order valence-corrected chi connectivity index (χ0v) is 22.9. The van der Waals surface area contributed by atoms with Crippen molar-refractivity contribution in [1.82, 2.24) is 4.31 Å². The van der Waals surface area contributed by atoms with Crippen LogP contribution in [0.5, 0.6) is 5.75 Å². The van der Waals surface area contributed by atoms with Gasteiger partial charge in [-0.15, -0.1) is 0 Å². The quantitative estimate of drug-likeness (QED) is 0.220. The first-order chi connectivity index (χ1) is 18.9. The number of nitrogens with zero attached hydrogens (tertiary/aromatic N) is 1. The van der Waals surface area contributed by atoms with Gasteiger partial charge in [-0.3, -0.25) is 0 Å². The molecule has 5 heteroatoms. The normalized spacial score (nSPS) is 11.4. The number of aromatic hydroxyl groups is 1. The highest BCUT2D eigenvalue weighted by molar-refractivity contribution is 7.92. The van der Waals surface area contributed by atoms with Gasteiger partial charge < -0.3 is 5.11 Å². The van der Waals surface area contributed by atoms with Gasteiger partial charge in [-0.25, -0.2) is 8.42 Å². The monoisotopic (exact) mass is 535 g/mol. The number of hydrogen-bond donors (Lipinski definition) is 1. The Bertz CT molecular complexity index is 1530. The van der Waals surface area contributed by atoms with Crippen molar-refractivity contribution in [2.75, 3.05) is 0 Å². The highest BCUT2D eigenvalue weighted by Gasteiger charge is 2.20. The van der Waals surface area contributed by atoms with Crippen LogP contribution in [0.4, 0.5) is 0 Å². The summed E-state index contributed by atoms with van der Waals surface area (Å²) >= 11 is 0. The summed E-state index contributed by atoms with van der Waals surface area (Å²) in [5, 5.41) is 10.9. The van der Waals surface area contributed by atoms with E-state index < -0.39 is 10.0 Å². The van der Waals surface area contributed by atoms with Gasteiger partial charge in [0.25, 0.3) is 0 Å². The van der Waals surface area contributed by atoms with E-state index in [-0.39, 0.29) is 18.8 Å². The highest BCUT2D eigenvalue weighted by atomic mass is 32.2. The van der Waals surface area contributed by atoms with E-state index in [1.807, 2.05) is 54.6 Å². The van der Waals surface area contributed by atoms with Crippen LogP contribution in [0.15, 0.2) is 109 Å². The van der Waals surface area contributed by atoms with Crippen LogP contribution in [0.3, 0.4) is 0 Å². The van der Waals surface area contributed by atoms with Gasteiger partial charge in [0.2, 0.25) is 10.0 Å². The third kappa shape index (κ3) is 8.71. The Morgan fingerprint density at radius 3 is 1.77 bits per heavy atom. The van der Waals surface area contributed by atoms with Crippen LogP contribution in [0, 0.1) is 11.8 Å². The number of phenolic OH excluding ortho intramolecular Hbond substituents is 1. The molecule has 0 aliphatic carbocycles. The summed E-state index contributed by atoms with van der Waals surface area (Å²) in [6.07, 6.45) is 5.07. The van der Waals surface area contributed by atoms with Gasteiger partial charge in [0.1, 0.15) is 5.75 Å². The smallest absolute Gasteiger partial charge is 0.236 e. The maximum absolute atomic E-state index is 13.4. The predicted octanol–water partition coefficient (Wildman–Crippen LogP) is 7.14.